The summed E-state index contributed by atoms with van der Waals surface area (Å²) in [7, 11) is -1.19. The van der Waals surface area contributed by atoms with Crippen molar-refractivity contribution in [3.63, 3.8) is 0 Å². The predicted octanol–water partition coefficient (Wildman–Crippen LogP) is 2.71. The molecule has 2 aliphatic rings. The van der Waals surface area contributed by atoms with E-state index in [-0.39, 0.29) is 5.91 Å². The summed E-state index contributed by atoms with van der Waals surface area (Å²) in [6.45, 7) is 4.78. The maximum absolute atomic E-state index is 12.9. The molecule has 1 atom stereocenters. The van der Waals surface area contributed by atoms with E-state index in [1.165, 1.54) is 11.1 Å². The van der Waals surface area contributed by atoms with Gasteiger partial charge in [-0.25, -0.2) is 8.51 Å². The fraction of sp³-hybridized carbons (Fsp3) is 0.389. The zero-order chi connectivity index (χ0) is 16.7. The summed E-state index contributed by atoms with van der Waals surface area (Å²) in [4.78, 5) is 14.7. The summed E-state index contributed by atoms with van der Waals surface area (Å²) >= 11 is 0. The summed E-state index contributed by atoms with van der Waals surface area (Å²) in [5, 5.41) is 0.969. The minimum atomic E-state index is -1.19. The van der Waals surface area contributed by atoms with Crippen LogP contribution in [0, 0.1) is 0 Å². The van der Waals surface area contributed by atoms with Crippen molar-refractivity contribution in [3.8, 4) is 0 Å². The van der Waals surface area contributed by atoms with Gasteiger partial charge < -0.3 is 9.32 Å². The molecule has 0 N–H and O–H groups in total. The van der Waals surface area contributed by atoms with Gasteiger partial charge in [0.25, 0.3) is 0 Å². The predicted molar refractivity (Wildman–Crippen MR) is 92.7 cm³/mol. The molecular formula is C18H20N2O3S. The zero-order valence-electron chi connectivity index (χ0n) is 13.7. The van der Waals surface area contributed by atoms with Crippen LogP contribution in [0.5, 0.6) is 0 Å². The molecule has 1 aromatic heterocycles. The number of furan rings is 1. The number of carbonyl (C=O) groups excluding carboxylic acids is 1. The van der Waals surface area contributed by atoms with Gasteiger partial charge in [-0.1, -0.05) is 6.92 Å². The number of rotatable bonds is 4. The normalized spacial score (nSPS) is 19.3. The van der Waals surface area contributed by atoms with Crippen molar-refractivity contribution in [2.45, 2.75) is 24.7 Å². The molecule has 4 rings (SSSR count). The fourth-order valence-corrected chi connectivity index (χ4v) is 4.67. The average molecular weight is 344 g/mol. The number of hydrogen-bond donors (Lipinski definition) is 0. The van der Waals surface area contributed by atoms with Crippen LogP contribution in [0.2, 0.25) is 0 Å². The first-order valence-electron chi connectivity index (χ1n) is 8.27. The lowest BCUT2D eigenvalue weighted by molar-refractivity contribution is -0.130. The number of fused-ring (bicyclic) bond motifs is 1. The van der Waals surface area contributed by atoms with Gasteiger partial charge in [0.1, 0.15) is 16.6 Å². The highest BCUT2D eigenvalue weighted by molar-refractivity contribution is 7.82. The van der Waals surface area contributed by atoms with Crippen LogP contribution in [-0.4, -0.2) is 45.5 Å². The van der Waals surface area contributed by atoms with E-state index in [0.29, 0.717) is 32.6 Å². The van der Waals surface area contributed by atoms with Gasteiger partial charge in [0.15, 0.2) is 0 Å². The van der Waals surface area contributed by atoms with Gasteiger partial charge >= 0.3 is 0 Å². The lowest BCUT2D eigenvalue weighted by Gasteiger charge is -2.22. The van der Waals surface area contributed by atoms with E-state index in [1.54, 1.807) is 6.26 Å². The molecule has 24 heavy (non-hydrogen) atoms. The Kier molecular flexibility index (Phi) is 4.02. The Balaban J connectivity index is 1.43. The molecule has 0 radical (unpaired) electrons. The van der Waals surface area contributed by atoms with Crippen LogP contribution in [0.1, 0.15) is 19.8 Å². The fourth-order valence-electron chi connectivity index (χ4n) is 3.41. The van der Waals surface area contributed by atoms with Gasteiger partial charge in [0, 0.05) is 38.0 Å². The molecule has 2 aliphatic heterocycles. The minimum absolute atomic E-state index is 0.227. The van der Waals surface area contributed by atoms with E-state index in [4.69, 9.17) is 4.42 Å². The highest BCUT2D eigenvalue weighted by Gasteiger charge is 2.34. The second-order valence-corrected chi connectivity index (χ2v) is 7.86. The van der Waals surface area contributed by atoms with Crippen LogP contribution in [0.25, 0.3) is 11.0 Å². The van der Waals surface area contributed by atoms with Gasteiger partial charge in [0.2, 0.25) is 5.91 Å². The van der Waals surface area contributed by atoms with E-state index in [1.807, 2.05) is 40.4 Å². The highest BCUT2D eigenvalue weighted by atomic mass is 32.2. The van der Waals surface area contributed by atoms with Crippen LogP contribution >= 0.6 is 0 Å². The molecule has 1 amide bonds. The molecule has 0 saturated carbocycles. The van der Waals surface area contributed by atoms with Crippen molar-refractivity contribution in [2.24, 2.45) is 0 Å². The van der Waals surface area contributed by atoms with Crippen LogP contribution in [0.3, 0.4) is 0 Å². The third-order valence-electron chi connectivity index (χ3n) is 4.67. The molecule has 5 nitrogen and oxygen atoms in total. The molecule has 0 fully saturated rings. The third kappa shape index (κ3) is 2.70. The van der Waals surface area contributed by atoms with Gasteiger partial charge in [-0.15, -0.1) is 0 Å². The van der Waals surface area contributed by atoms with Gasteiger partial charge in [-0.2, -0.15) is 0 Å². The zero-order valence-corrected chi connectivity index (χ0v) is 14.5. The Morgan fingerprint density at radius 1 is 1.17 bits per heavy atom. The second-order valence-electron chi connectivity index (χ2n) is 6.37. The number of nitrogens with zero attached hydrogens (tertiary/aromatic N) is 2. The molecule has 126 valence electrons. The molecule has 1 unspecified atom stereocenters. The standard InChI is InChI=1S/C18H20N2O3S/c1-2-3-18(21)19-9-14-11-20(12-15(14)10-19)24(22)16-4-5-17-13(8-16)6-7-23-17/h4-8H,2-3,9-12H2,1H3. The number of amides is 1. The summed E-state index contributed by atoms with van der Waals surface area (Å²) in [6, 6.07) is 7.54. The summed E-state index contributed by atoms with van der Waals surface area (Å²) in [5.74, 6) is 0.227. The van der Waals surface area contributed by atoms with Gasteiger partial charge in [0.05, 0.1) is 11.2 Å². The Bertz CT molecular complexity index is 837. The van der Waals surface area contributed by atoms with E-state index in [9.17, 15) is 9.00 Å². The average Bonchev–Trinajstić information content (AvgIpc) is 3.27. The molecule has 0 saturated heterocycles. The summed E-state index contributed by atoms with van der Waals surface area (Å²) < 4.78 is 20.2. The third-order valence-corrected chi connectivity index (χ3v) is 6.06. The Hall–Kier alpha value is -1.92. The SMILES string of the molecule is CCCC(=O)N1CC2=C(C1)CN(S(=O)c1ccc3occc3c1)C2. The summed E-state index contributed by atoms with van der Waals surface area (Å²) in [6.07, 6.45) is 3.14. The molecule has 1 aromatic carbocycles. The van der Waals surface area contributed by atoms with Crippen molar-refractivity contribution < 1.29 is 13.4 Å². The molecule has 0 aliphatic carbocycles. The first-order valence-corrected chi connectivity index (χ1v) is 9.38. The Morgan fingerprint density at radius 3 is 2.62 bits per heavy atom. The van der Waals surface area contributed by atoms with Crippen molar-refractivity contribution in [1.29, 1.82) is 0 Å². The molecule has 0 bridgehead atoms. The van der Waals surface area contributed by atoms with Crippen molar-refractivity contribution in [1.82, 2.24) is 9.21 Å². The van der Waals surface area contributed by atoms with E-state index in [2.05, 4.69) is 0 Å². The Morgan fingerprint density at radius 2 is 1.92 bits per heavy atom. The molecule has 6 heteroatoms. The summed E-state index contributed by atoms with van der Waals surface area (Å²) in [5.41, 5.74) is 3.33. The lowest BCUT2D eigenvalue weighted by atomic mass is 10.2. The molecule has 3 heterocycles. The monoisotopic (exact) mass is 344 g/mol. The Labute approximate surface area is 143 Å². The van der Waals surface area contributed by atoms with E-state index >= 15 is 0 Å². The maximum Gasteiger partial charge on any atom is 0.223 e. The topological polar surface area (TPSA) is 53.8 Å². The van der Waals surface area contributed by atoms with Gasteiger partial charge in [-0.3, -0.25) is 4.79 Å². The lowest BCUT2D eigenvalue weighted by Crippen LogP contribution is -2.34. The maximum atomic E-state index is 12.9. The molecular weight excluding hydrogens is 324 g/mol. The molecule has 2 aromatic rings. The van der Waals surface area contributed by atoms with Crippen LogP contribution in [0.4, 0.5) is 0 Å². The van der Waals surface area contributed by atoms with Crippen LogP contribution < -0.4 is 0 Å². The van der Waals surface area contributed by atoms with Gasteiger partial charge in [-0.05, 0) is 41.8 Å². The minimum Gasteiger partial charge on any atom is -0.464 e. The number of hydrogen-bond acceptors (Lipinski definition) is 3. The number of carbonyl (C=O) groups is 1. The van der Waals surface area contributed by atoms with E-state index in [0.717, 1.165) is 22.3 Å². The molecule has 0 spiro atoms. The number of benzene rings is 1. The second kappa shape index (κ2) is 6.18. The smallest absolute Gasteiger partial charge is 0.223 e. The van der Waals surface area contributed by atoms with Crippen molar-refractivity contribution in [3.05, 3.63) is 41.7 Å². The van der Waals surface area contributed by atoms with Crippen LogP contribution in [-0.2, 0) is 15.8 Å². The quantitative estimate of drug-likeness (QED) is 0.802. The first kappa shape index (κ1) is 15.6. The van der Waals surface area contributed by atoms with Crippen LogP contribution in [0.15, 0.2) is 51.0 Å². The first-order chi connectivity index (χ1) is 11.7. The highest BCUT2D eigenvalue weighted by Crippen LogP contribution is 2.29. The largest absolute Gasteiger partial charge is 0.464 e. The van der Waals surface area contributed by atoms with Crippen molar-refractivity contribution >= 4 is 27.9 Å². The van der Waals surface area contributed by atoms with Crippen molar-refractivity contribution in [2.75, 3.05) is 26.2 Å². The van der Waals surface area contributed by atoms with E-state index < -0.39 is 11.0 Å².